The molecule has 1 amide bonds. The Morgan fingerprint density at radius 3 is 2.43 bits per heavy atom. The maximum Gasteiger partial charge on any atom is 0.320 e. The third-order valence-corrected chi connectivity index (χ3v) is 4.51. The Labute approximate surface area is 137 Å². The number of likely N-dealkylation sites (tertiary alicyclic amines) is 1. The second kappa shape index (κ2) is 8.11. The van der Waals surface area contributed by atoms with Crippen molar-refractivity contribution in [1.29, 1.82) is 0 Å². The van der Waals surface area contributed by atoms with E-state index in [1.54, 1.807) is 4.90 Å². The van der Waals surface area contributed by atoms with Crippen LogP contribution in [0.1, 0.15) is 44.2 Å². The van der Waals surface area contributed by atoms with Crippen LogP contribution < -0.4 is 5.32 Å². The summed E-state index contributed by atoms with van der Waals surface area (Å²) in [6.45, 7) is 4.93. The van der Waals surface area contributed by atoms with Gasteiger partial charge < -0.3 is 10.4 Å². The summed E-state index contributed by atoms with van der Waals surface area (Å²) in [6, 6.07) is 5.52. The number of nitrogens with zero attached hydrogens (tertiary/aromatic N) is 1. The Morgan fingerprint density at radius 1 is 1.22 bits per heavy atom. The Bertz CT molecular complexity index is 549. The van der Waals surface area contributed by atoms with Crippen LogP contribution in [0.15, 0.2) is 18.2 Å². The van der Waals surface area contributed by atoms with Crippen molar-refractivity contribution in [2.24, 2.45) is 0 Å². The fourth-order valence-corrected chi connectivity index (χ4v) is 3.23. The fourth-order valence-electron chi connectivity index (χ4n) is 3.23. The lowest BCUT2D eigenvalue weighted by molar-refractivity contribution is -0.145. The van der Waals surface area contributed by atoms with Gasteiger partial charge >= 0.3 is 5.97 Å². The Hall–Kier alpha value is -1.88. The fraction of sp³-hybridized carbons (Fsp3) is 0.556. The van der Waals surface area contributed by atoms with Gasteiger partial charge in [-0.3, -0.25) is 14.5 Å². The van der Waals surface area contributed by atoms with E-state index in [4.69, 9.17) is 0 Å². The van der Waals surface area contributed by atoms with Crippen LogP contribution in [0.25, 0.3) is 0 Å². The number of carboxylic acid groups (broad SMARTS) is 1. The van der Waals surface area contributed by atoms with E-state index < -0.39 is 12.0 Å². The molecule has 0 bridgehead atoms. The molecular formula is C18H26N2O3. The van der Waals surface area contributed by atoms with Crippen LogP contribution in [0.3, 0.4) is 0 Å². The summed E-state index contributed by atoms with van der Waals surface area (Å²) in [5.41, 5.74) is 3.13. The van der Waals surface area contributed by atoms with Gasteiger partial charge in [0.15, 0.2) is 0 Å². The molecule has 1 saturated heterocycles. The Morgan fingerprint density at radius 2 is 1.87 bits per heavy atom. The summed E-state index contributed by atoms with van der Waals surface area (Å²) in [4.78, 5) is 25.6. The summed E-state index contributed by atoms with van der Waals surface area (Å²) < 4.78 is 0. The number of hydrogen-bond acceptors (Lipinski definition) is 3. The minimum atomic E-state index is -0.833. The van der Waals surface area contributed by atoms with Crippen LogP contribution in [0, 0.1) is 0 Å². The molecule has 0 radical (unpaired) electrons. The predicted molar refractivity (Wildman–Crippen MR) is 90.7 cm³/mol. The average molecular weight is 318 g/mol. The molecule has 0 spiro atoms. The number of anilines is 1. The van der Waals surface area contributed by atoms with Crippen molar-refractivity contribution in [3.05, 3.63) is 29.3 Å². The molecule has 2 rings (SSSR count). The van der Waals surface area contributed by atoms with E-state index in [-0.39, 0.29) is 12.5 Å². The zero-order valence-corrected chi connectivity index (χ0v) is 14.0. The summed E-state index contributed by atoms with van der Waals surface area (Å²) in [5, 5.41) is 12.3. The second-order valence-corrected chi connectivity index (χ2v) is 6.03. The molecule has 5 nitrogen and oxygen atoms in total. The number of aryl methyl sites for hydroxylation is 2. The van der Waals surface area contributed by atoms with Crippen molar-refractivity contribution in [2.45, 2.75) is 52.0 Å². The van der Waals surface area contributed by atoms with Crippen molar-refractivity contribution in [3.8, 4) is 0 Å². The zero-order chi connectivity index (χ0) is 16.8. The van der Waals surface area contributed by atoms with Gasteiger partial charge in [-0.15, -0.1) is 0 Å². The van der Waals surface area contributed by atoms with Gasteiger partial charge in [-0.1, -0.05) is 38.5 Å². The number of para-hydroxylation sites is 1. The molecule has 0 aliphatic carbocycles. The van der Waals surface area contributed by atoms with Gasteiger partial charge in [-0.25, -0.2) is 0 Å². The third-order valence-electron chi connectivity index (χ3n) is 4.51. The number of hydrogen-bond donors (Lipinski definition) is 2. The van der Waals surface area contributed by atoms with Crippen LogP contribution in [-0.2, 0) is 22.4 Å². The first-order valence-electron chi connectivity index (χ1n) is 8.44. The minimum Gasteiger partial charge on any atom is -0.480 e. The van der Waals surface area contributed by atoms with E-state index in [1.807, 2.05) is 18.2 Å². The van der Waals surface area contributed by atoms with Crippen LogP contribution >= 0.6 is 0 Å². The van der Waals surface area contributed by atoms with E-state index >= 15 is 0 Å². The number of carbonyl (C=O) groups excluding carboxylic acids is 1. The number of piperidine rings is 1. The first-order valence-corrected chi connectivity index (χ1v) is 8.44. The number of rotatable bonds is 6. The van der Waals surface area contributed by atoms with Gasteiger partial charge in [0.1, 0.15) is 6.04 Å². The highest BCUT2D eigenvalue weighted by Crippen LogP contribution is 2.23. The molecule has 1 atom stereocenters. The molecule has 1 fully saturated rings. The quantitative estimate of drug-likeness (QED) is 0.846. The molecular weight excluding hydrogens is 292 g/mol. The lowest BCUT2D eigenvalue weighted by atomic mass is 10.0. The molecule has 1 aliphatic heterocycles. The molecule has 5 heteroatoms. The van der Waals surface area contributed by atoms with E-state index in [0.29, 0.717) is 13.0 Å². The number of amides is 1. The van der Waals surface area contributed by atoms with E-state index in [0.717, 1.165) is 42.5 Å². The van der Waals surface area contributed by atoms with Crippen LogP contribution in [0.2, 0.25) is 0 Å². The maximum atomic E-state index is 12.4. The predicted octanol–water partition coefficient (Wildman–Crippen LogP) is 2.69. The van der Waals surface area contributed by atoms with Crippen molar-refractivity contribution in [2.75, 3.05) is 18.4 Å². The lowest BCUT2D eigenvalue weighted by Gasteiger charge is -2.32. The smallest absolute Gasteiger partial charge is 0.320 e. The van der Waals surface area contributed by atoms with E-state index in [2.05, 4.69) is 19.2 Å². The molecule has 0 aromatic heterocycles. The highest BCUT2D eigenvalue weighted by atomic mass is 16.4. The average Bonchev–Trinajstić information content (AvgIpc) is 2.55. The van der Waals surface area contributed by atoms with E-state index in [9.17, 15) is 14.7 Å². The third kappa shape index (κ3) is 4.32. The number of carbonyl (C=O) groups is 2. The van der Waals surface area contributed by atoms with E-state index in [1.165, 1.54) is 0 Å². The van der Waals surface area contributed by atoms with Gasteiger partial charge in [-0.2, -0.15) is 0 Å². The molecule has 1 aliphatic rings. The monoisotopic (exact) mass is 318 g/mol. The summed E-state index contributed by atoms with van der Waals surface area (Å²) in [5.74, 6) is -0.963. The molecule has 1 aromatic rings. The van der Waals surface area contributed by atoms with Gasteiger partial charge in [-0.05, 0) is 43.4 Å². The SMILES string of the molecule is CCc1cccc(CC)c1NC(=O)CN1CCCCC1C(=O)O. The molecule has 1 aromatic carbocycles. The van der Waals surface area contributed by atoms with Crippen molar-refractivity contribution < 1.29 is 14.7 Å². The summed E-state index contributed by atoms with van der Waals surface area (Å²) in [6.07, 6.45) is 4.18. The molecule has 0 saturated carbocycles. The molecule has 23 heavy (non-hydrogen) atoms. The first kappa shape index (κ1) is 17.5. The number of aliphatic carboxylic acids is 1. The van der Waals surface area contributed by atoms with Gasteiger partial charge in [0.25, 0.3) is 0 Å². The van der Waals surface area contributed by atoms with Crippen LogP contribution in [-0.4, -0.2) is 41.0 Å². The number of nitrogens with one attached hydrogen (secondary N) is 1. The van der Waals surface area contributed by atoms with Crippen molar-refractivity contribution >= 4 is 17.6 Å². The standard InChI is InChI=1S/C18H26N2O3/c1-3-13-8-7-9-14(4-2)17(13)19-16(21)12-20-11-6-5-10-15(20)18(22)23/h7-9,15H,3-6,10-12H2,1-2H3,(H,19,21)(H,22,23). The summed E-state index contributed by atoms with van der Waals surface area (Å²) in [7, 11) is 0. The summed E-state index contributed by atoms with van der Waals surface area (Å²) >= 11 is 0. The topological polar surface area (TPSA) is 69.6 Å². The normalized spacial score (nSPS) is 18.6. The van der Waals surface area contributed by atoms with Crippen molar-refractivity contribution in [3.63, 3.8) is 0 Å². The maximum absolute atomic E-state index is 12.4. The lowest BCUT2D eigenvalue weighted by Crippen LogP contribution is -2.47. The molecule has 1 heterocycles. The number of carboxylic acids is 1. The molecule has 1 unspecified atom stereocenters. The van der Waals surface area contributed by atoms with Gasteiger partial charge in [0, 0.05) is 5.69 Å². The highest BCUT2D eigenvalue weighted by molar-refractivity contribution is 5.94. The molecule has 2 N–H and O–H groups in total. The highest BCUT2D eigenvalue weighted by Gasteiger charge is 2.29. The Kier molecular flexibility index (Phi) is 6.16. The van der Waals surface area contributed by atoms with Crippen molar-refractivity contribution in [1.82, 2.24) is 4.90 Å². The number of benzene rings is 1. The minimum absolute atomic E-state index is 0.131. The van der Waals surface area contributed by atoms with Crippen LogP contribution in [0.4, 0.5) is 5.69 Å². The molecule has 126 valence electrons. The van der Waals surface area contributed by atoms with Gasteiger partial charge in [0.05, 0.1) is 6.54 Å². The largest absolute Gasteiger partial charge is 0.480 e. The second-order valence-electron chi connectivity index (χ2n) is 6.03. The first-order chi connectivity index (χ1) is 11.1. The van der Waals surface area contributed by atoms with Crippen LogP contribution in [0.5, 0.6) is 0 Å². The van der Waals surface area contributed by atoms with Gasteiger partial charge in [0.2, 0.25) is 5.91 Å². The Balaban J connectivity index is 2.09. The zero-order valence-electron chi connectivity index (χ0n) is 14.0.